The van der Waals surface area contributed by atoms with Crippen LogP contribution in [0.25, 0.3) is 0 Å². The van der Waals surface area contributed by atoms with E-state index in [1.165, 1.54) is 19.1 Å². The molecule has 0 aliphatic carbocycles. The average Bonchev–Trinajstić information content (AvgIpc) is 3.31. The minimum Gasteiger partial charge on any atom is -0.481 e. The molecule has 0 spiro atoms. The van der Waals surface area contributed by atoms with E-state index in [1.54, 1.807) is 12.4 Å². The van der Waals surface area contributed by atoms with Crippen molar-refractivity contribution in [2.75, 3.05) is 5.75 Å². The Morgan fingerprint density at radius 3 is 2.85 bits per heavy atom. The standard InChI is InChI=1S/C18H27N3O4S2/c1-12(18(24)25)10-15(22)14(11-16-19-7-8-20-16)21-17(23)5-3-2-4-13-6-9-26-27-13/h7-8,12-14H,2-6,9-11H2,1H3,(H,19,20)(H,21,23)(H,24,25)/t12-,13-,14+/m1/s1. The fourth-order valence-electron chi connectivity index (χ4n) is 2.87. The fourth-order valence-corrected chi connectivity index (χ4v) is 5.90. The number of nitrogens with one attached hydrogen (secondary N) is 2. The molecule has 1 aromatic rings. The lowest BCUT2D eigenvalue weighted by atomic mass is 9.98. The van der Waals surface area contributed by atoms with Crippen LogP contribution in [-0.4, -0.2) is 49.8 Å². The highest BCUT2D eigenvalue weighted by molar-refractivity contribution is 8.77. The van der Waals surface area contributed by atoms with Crippen LogP contribution in [-0.2, 0) is 20.8 Å². The third-order valence-electron chi connectivity index (χ3n) is 4.51. The monoisotopic (exact) mass is 413 g/mol. The second-order valence-corrected chi connectivity index (χ2v) is 9.63. The lowest BCUT2D eigenvalue weighted by molar-refractivity contribution is -0.143. The smallest absolute Gasteiger partial charge is 0.306 e. The van der Waals surface area contributed by atoms with E-state index in [-0.39, 0.29) is 24.5 Å². The number of aliphatic carboxylic acids is 1. The summed E-state index contributed by atoms with van der Waals surface area (Å²) in [5.41, 5.74) is 0. The Morgan fingerprint density at radius 2 is 2.22 bits per heavy atom. The molecular formula is C18H27N3O4S2. The number of Topliss-reactive ketones (excluding diaryl/α,β-unsaturated/α-hetero) is 1. The van der Waals surface area contributed by atoms with Gasteiger partial charge in [0.25, 0.3) is 0 Å². The molecule has 1 aliphatic heterocycles. The summed E-state index contributed by atoms with van der Waals surface area (Å²) in [4.78, 5) is 42.8. The Kier molecular flexibility index (Phi) is 9.20. The summed E-state index contributed by atoms with van der Waals surface area (Å²) < 4.78 is 0. The summed E-state index contributed by atoms with van der Waals surface area (Å²) >= 11 is 0. The van der Waals surface area contributed by atoms with E-state index in [2.05, 4.69) is 15.3 Å². The Bertz CT molecular complexity index is 618. The molecule has 150 valence electrons. The predicted octanol–water partition coefficient (Wildman–Crippen LogP) is 2.83. The molecule has 2 rings (SSSR count). The van der Waals surface area contributed by atoms with Crippen LogP contribution in [0.1, 0.15) is 51.3 Å². The minimum absolute atomic E-state index is 0.114. The van der Waals surface area contributed by atoms with Crippen molar-refractivity contribution in [1.29, 1.82) is 0 Å². The van der Waals surface area contributed by atoms with E-state index in [0.29, 0.717) is 17.5 Å². The van der Waals surface area contributed by atoms with Gasteiger partial charge in [-0.2, -0.15) is 0 Å². The molecule has 2 heterocycles. The van der Waals surface area contributed by atoms with Crippen molar-refractivity contribution in [2.24, 2.45) is 5.92 Å². The zero-order chi connectivity index (χ0) is 19.6. The van der Waals surface area contributed by atoms with Gasteiger partial charge in [0.2, 0.25) is 5.91 Å². The first-order valence-corrected chi connectivity index (χ1v) is 11.6. The first-order valence-electron chi connectivity index (χ1n) is 9.27. The molecule has 0 radical (unpaired) electrons. The molecule has 3 atom stereocenters. The quantitative estimate of drug-likeness (QED) is 0.357. The van der Waals surface area contributed by atoms with Gasteiger partial charge in [0.05, 0.1) is 12.0 Å². The third kappa shape index (κ3) is 7.96. The van der Waals surface area contributed by atoms with Gasteiger partial charge in [-0.3, -0.25) is 14.4 Å². The van der Waals surface area contributed by atoms with E-state index in [0.717, 1.165) is 19.3 Å². The SMILES string of the molecule is C[C@H](CC(=O)[C@H](Cc1ncc[nH]1)NC(=O)CCCC[C@@H]1CCSS1)C(=O)O. The molecule has 1 amide bonds. The number of unbranched alkanes of at least 4 members (excludes halogenated alkanes) is 1. The summed E-state index contributed by atoms with van der Waals surface area (Å²) in [6.07, 6.45) is 7.88. The van der Waals surface area contributed by atoms with Crippen LogP contribution >= 0.6 is 21.6 Å². The van der Waals surface area contributed by atoms with E-state index >= 15 is 0 Å². The largest absolute Gasteiger partial charge is 0.481 e. The van der Waals surface area contributed by atoms with Crippen LogP contribution in [0.15, 0.2) is 12.4 Å². The number of amides is 1. The molecule has 0 aromatic carbocycles. The van der Waals surface area contributed by atoms with E-state index < -0.39 is 17.9 Å². The second-order valence-electron chi connectivity index (χ2n) is 6.84. The van der Waals surface area contributed by atoms with Crippen LogP contribution in [0.2, 0.25) is 0 Å². The molecular weight excluding hydrogens is 386 g/mol. The van der Waals surface area contributed by atoms with Gasteiger partial charge < -0.3 is 15.4 Å². The average molecular weight is 414 g/mol. The highest BCUT2D eigenvalue weighted by Gasteiger charge is 2.26. The maximum atomic E-state index is 12.5. The summed E-state index contributed by atoms with van der Waals surface area (Å²) in [5, 5.41) is 12.5. The summed E-state index contributed by atoms with van der Waals surface area (Å²) in [6.45, 7) is 1.49. The van der Waals surface area contributed by atoms with Crippen molar-refractivity contribution in [1.82, 2.24) is 15.3 Å². The number of carbonyl (C=O) groups is 3. The van der Waals surface area contributed by atoms with Gasteiger partial charge in [-0.1, -0.05) is 34.9 Å². The minimum atomic E-state index is -1.02. The van der Waals surface area contributed by atoms with Crippen LogP contribution in [0.5, 0.6) is 0 Å². The Hall–Kier alpha value is -1.48. The van der Waals surface area contributed by atoms with Crippen molar-refractivity contribution in [3.05, 3.63) is 18.2 Å². The maximum Gasteiger partial charge on any atom is 0.306 e. The van der Waals surface area contributed by atoms with Crippen molar-refractivity contribution in [3.8, 4) is 0 Å². The van der Waals surface area contributed by atoms with Crippen molar-refractivity contribution < 1.29 is 19.5 Å². The van der Waals surface area contributed by atoms with Gasteiger partial charge in [0, 0.05) is 42.7 Å². The number of hydrogen-bond acceptors (Lipinski definition) is 6. The fraction of sp³-hybridized carbons (Fsp3) is 0.667. The number of nitrogens with zero attached hydrogens (tertiary/aromatic N) is 1. The number of ketones is 1. The number of imidazole rings is 1. The third-order valence-corrected chi connectivity index (χ3v) is 7.52. The number of H-pyrrole nitrogens is 1. The van der Waals surface area contributed by atoms with Crippen LogP contribution in [0.4, 0.5) is 0 Å². The van der Waals surface area contributed by atoms with Gasteiger partial charge >= 0.3 is 5.97 Å². The number of hydrogen-bond donors (Lipinski definition) is 3. The van der Waals surface area contributed by atoms with E-state index in [1.807, 2.05) is 21.6 Å². The Morgan fingerprint density at radius 1 is 1.41 bits per heavy atom. The number of rotatable bonds is 12. The van der Waals surface area contributed by atoms with E-state index in [4.69, 9.17) is 5.11 Å². The number of aromatic amines is 1. The van der Waals surface area contributed by atoms with Crippen molar-refractivity contribution >= 4 is 39.2 Å². The number of aromatic nitrogens is 2. The second kappa shape index (κ2) is 11.4. The van der Waals surface area contributed by atoms with Gasteiger partial charge in [-0.25, -0.2) is 4.98 Å². The highest BCUT2D eigenvalue weighted by Crippen LogP contribution is 2.39. The highest BCUT2D eigenvalue weighted by atomic mass is 33.1. The van der Waals surface area contributed by atoms with Gasteiger partial charge in [0.1, 0.15) is 5.82 Å². The summed E-state index contributed by atoms with van der Waals surface area (Å²) in [7, 11) is 3.85. The molecule has 1 saturated heterocycles. The Balaban J connectivity index is 1.81. The van der Waals surface area contributed by atoms with Crippen LogP contribution < -0.4 is 5.32 Å². The lowest BCUT2D eigenvalue weighted by Crippen LogP contribution is -2.43. The number of carboxylic acid groups (broad SMARTS) is 1. The topological polar surface area (TPSA) is 112 Å². The van der Waals surface area contributed by atoms with Crippen LogP contribution in [0, 0.1) is 5.92 Å². The van der Waals surface area contributed by atoms with Crippen molar-refractivity contribution in [3.63, 3.8) is 0 Å². The molecule has 1 aromatic heterocycles. The molecule has 3 N–H and O–H groups in total. The molecule has 0 bridgehead atoms. The molecule has 0 unspecified atom stereocenters. The molecule has 7 nitrogen and oxygen atoms in total. The predicted molar refractivity (Wildman–Crippen MR) is 108 cm³/mol. The van der Waals surface area contributed by atoms with Gasteiger partial charge in [0.15, 0.2) is 5.78 Å². The van der Waals surface area contributed by atoms with Gasteiger partial charge in [-0.15, -0.1) is 0 Å². The first kappa shape index (κ1) is 21.8. The molecule has 27 heavy (non-hydrogen) atoms. The van der Waals surface area contributed by atoms with Gasteiger partial charge in [-0.05, 0) is 19.3 Å². The first-order chi connectivity index (χ1) is 13.0. The zero-order valence-electron chi connectivity index (χ0n) is 15.5. The maximum absolute atomic E-state index is 12.5. The molecule has 9 heteroatoms. The Labute approximate surface area is 167 Å². The van der Waals surface area contributed by atoms with Crippen LogP contribution in [0.3, 0.4) is 0 Å². The normalized spacial score (nSPS) is 18.8. The zero-order valence-corrected chi connectivity index (χ0v) is 17.1. The van der Waals surface area contributed by atoms with E-state index in [9.17, 15) is 14.4 Å². The summed E-state index contributed by atoms with van der Waals surface area (Å²) in [6, 6.07) is -0.757. The molecule has 1 fully saturated rings. The van der Waals surface area contributed by atoms with Crippen molar-refractivity contribution in [2.45, 2.75) is 63.2 Å². The number of carbonyl (C=O) groups excluding carboxylic acids is 2. The molecule has 0 saturated carbocycles. The summed E-state index contributed by atoms with van der Waals surface area (Å²) in [5.74, 6) is -0.455. The molecule has 1 aliphatic rings. The number of carboxylic acids is 1. The lowest BCUT2D eigenvalue weighted by Gasteiger charge is -2.18.